The molecule has 106 valence electrons. The van der Waals surface area contributed by atoms with Crippen molar-refractivity contribution in [2.75, 3.05) is 10.2 Å². The Morgan fingerprint density at radius 2 is 1.76 bits per heavy atom. The molecule has 2 unspecified atom stereocenters. The Morgan fingerprint density at radius 1 is 1.05 bits per heavy atom. The lowest BCUT2D eigenvalue weighted by Crippen LogP contribution is -2.45. The van der Waals surface area contributed by atoms with E-state index in [-0.39, 0.29) is 18.0 Å². The van der Waals surface area contributed by atoms with Crippen LogP contribution in [0.25, 0.3) is 0 Å². The van der Waals surface area contributed by atoms with Crippen molar-refractivity contribution in [3.05, 3.63) is 59.7 Å². The molecule has 3 nitrogen and oxygen atoms in total. The molecule has 2 aliphatic rings. The van der Waals surface area contributed by atoms with Crippen molar-refractivity contribution < 1.29 is 4.79 Å². The summed E-state index contributed by atoms with van der Waals surface area (Å²) in [7, 11) is 0. The minimum absolute atomic E-state index is 0.143. The van der Waals surface area contributed by atoms with Gasteiger partial charge < -0.3 is 10.2 Å². The van der Waals surface area contributed by atoms with Gasteiger partial charge in [0.1, 0.15) is 6.04 Å². The van der Waals surface area contributed by atoms with Gasteiger partial charge in [-0.15, -0.1) is 0 Å². The summed E-state index contributed by atoms with van der Waals surface area (Å²) in [6.45, 7) is 2.12. The van der Waals surface area contributed by atoms with Crippen molar-refractivity contribution in [2.24, 2.45) is 0 Å². The number of carbonyl (C=O) groups excluding carboxylic acids is 1. The van der Waals surface area contributed by atoms with Gasteiger partial charge in [-0.1, -0.05) is 36.4 Å². The number of amides is 1. The maximum atomic E-state index is 13.0. The Hall–Kier alpha value is -2.29. The van der Waals surface area contributed by atoms with Crippen molar-refractivity contribution >= 4 is 17.3 Å². The number of hydrogen-bond donors (Lipinski definition) is 1. The summed E-state index contributed by atoms with van der Waals surface area (Å²) >= 11 is 0. The molecule has 0 fully saturated rings. The zero-order valence-electron chi connectivity index (χ0n) is 12.0. The summed E-state index contributed by atoms with van der Waals surface area (Å²) in [5.41, 5.74) is 4.67. The number of rotatable bonds is 1. The van der Waals surface area contributed by atoms with Crippen molar-refractivity contribution in [1.82, 2.24) is 0 Å². The normalized spacial score (nSPS) is 22.6. The molecule has 1 amide bonds. The molecule has 2 aliphatic heterocycles. The van der Waals surface area contributed by atoms with Gasteiger partial charge in [-0.25, -0.2) is 0 Å². The second-order valence-electron chi connectivity index (χ2n) is 5.95. The molecule has 1 N–H and O–H groups in total. The fourth-order valence-corrected chi connectivity index (χ4v) is 3.52. The van der Waals surface area contributed by atoms with E-state index in [1.54, 1.807) is 0 Å². The van der Waals surface area contributed by atoms with E-state index in [1.165, 1.54) is 11.1 Å². The van der Waals surface area contributed by atoms with Crippen LogP contribution in [0.5, 0.6) is 0 Å². The average molecular weight is 278 g/mol. The third-order valence-electron chi connectivity index (χ3n) is 4.51. The van der Waals surface area contributed by atoms with E-state index in [0.717, 1.165) is 24.2 Å². The fraction of sp³-hybridized carbons (Fsp3) is 0.278. The molecule has 0 aromatic heterocycles. The molecule has 0 saturated heterocycles. The van der Waals surface area contributed by atoms with Crippen molar-refractivity contribution in [3.8, 4) is 0 Å². The minimum atomic E-state index is -0.143. The molecule has 3 heteroatoms. The van der Waals surface area contributed by atoms with Gasteiger partial charge in [-0.2, -0.15) is 0 Å². The van der Waals surface area contributed by atoms with Gasteiger partial charge >= 0.3 is 0 Å². The lowest BCUT2D eigenvalue weighted by molar-refractivity contribution is -0.119. The Bertz CT molecular complexity index is 685. The van der Waals surface area contributed by atoms with Crippen LogP contribution in [0.3, 0.4) is 0 Å². The van der Waals surface area contributed by atoms with Gasteiger partial charge in [0.05, 0.1) is 0 Å². The van der Waals surface area contributed by atoms with Crippen LogP contribution in [-0.2, 0) is 17.6 Å². The highest BCUT2D eigenvalue weighted by Gasteiger charge is 2.36. The quantitative estimate of drug-likeness (QED) is 0.869. The van der Waals surface area contributed by atoms with Crippen LogP contribution in [-0.4, -0.2) is 18.0 Å². The molecule has 2 aromatic carbocycles. The molecule has 0 radical (unpaired) electrons. The second-order valence-corrected chi connectivity index (χ2v) is 5.95. The van der Waals surface area contributed by atoms with Crippen molar-refractivity contribution in [3.63, 3.8) is 0 Å². The molecule has 0 saturated carbocycles. The number of anilines is 2. The predicted octanol–water partition coefficient (Wildman–Crippen LogP) is 3.00. The summed E-state index contributed by atoms with van der Waals surface area (Å²) in [5, 5.41) is 3.37. The fourth-order valence-electron chi connectivity index (χ4n) is 3.52. The zero-order valence-corrected chi connectivity index (χ0v) is 12.0. The summed E-state index contributed by atoms with van der Waals surface area (Å²) in [5.74, 6) is 0.184. The SMILES string of the molecule is CC1Cc2ccccc2N1C(=O)C1Cc2ccccc2N1. The molecule has 2 aromatic rings. The monoisotopic (exact) mass is 278 g/mol. The van der Waals surface area contributed by atoms with Crippen LogP contribution in [0.1, 0.15) is 18.1 Å². The largest absolute Gasteiger partial charge is 0.373 e. The van der Waals surface area contributed by atoms with Gasteiger partial charge in [-0.05, 0) is 36.6 Å². The Balaban J connectivity index is 1.62. The molecule has 0 spiro atoms. The van der Waals surface area contributed by atoms with E-state index in [9.17, 15) is 4.79 Å². The highest BCUT2D eigenvalue weighted by molar-refractivity contribution is 6.02. The summed E-state index contributed by atoms with van der Waals surface area (Å²) in [6.07, 6.45) is 1.72. The van der Waals surface area contributed by atoms with Crippen LogP contribution in [0, 0.1) is 0 Å². The first-order chi connectivity index (χ1) is 10.2. The minimum Gasteiger partial charge on any atom is -0.373 e. The molecule has 2 heterocycles. The Labute approximate surface area is 124 Å². The number of para-hydroxylation sites is 2. The number of fused-ring (bicyclic) bond motifs is 2. The van der Waals surface area contributed by atoms with Gasteiger partial charge in [0, 0.05) is 23.8 Å². The van der Waals surface area contributed by atoms with Crippen LogP contribution in [0.2, 0.25) is 0 Å². The van der Waals surface area contributed by atoms with Crippen LogP contribution in [0.4, 0.5) is 11.4 Å². The van der Waals surface area contributed by atoms with Crippen molar-refractivity contribution in [2.45, 2.75) is 31.8 Å². The Morgan fingerprint density at radius 3 is 2.57 bits per heavy atom. The molecule has 0 bridgehead atoms. The highest BCUT2D eigenvalue weighted by atomic mass is 16.2. The molecule has 0 aliphatic carbocycles. The van der Waals surface area contributed by atoms with Crippen LogP contribution < -0.4 is 10.2 Å². The van der Waals surface area contributed by atoms with E-state index >= 15 is 0 Å². The van der Waals surface area contributed by atoms with Gasteiger partial charge in [0.25, 0.3) is 0 Å². The summed E-state index contributed by atoms with van der Waals surface area (Å²) < 4.78 is 0. The number of carbonyl (C=O) groups is 1. The highest BCUT2D eigenvalue weighted by Crippen LogP contribution is 2.34. The van der Waals surface area contributed by atoms with Gasteiger partial charge in [-0.3, -0.25) is 4.79 Å². The first kappa shape index (κ1) is 12.5. The smallest absolute Gasteiger partial charge is 0.250 e. The standard InChI is InChI=1S/C18H18N2O/c1-12-10-14-7-3-5-9-17(14)20(12)18(21)16-11-13-6-2-4-8-15(13)19-16/h2-9,12,16,19H,10-11H2,1H3. The Kier molecular flexibility index (Phi) is 2.74. The molecule has 21 heavy (non-hydrogen) atoms. The third kappa shape index (κ3) is 1.92. The maximum Gasteiger partial charge on any atom is 0.250 e. The second kappa shape index (κ2) is 4.62. The summed E-state index contributed by atoms with van der Waals surface area (Å²) in [4.78, 5) is 14.9. The van der Waals surface area contributed by atoms with E-state index in [4.69, 9.17) is 0 Å². The van der Waals surface area contributed by atoms with Gasteiger partial charge in [0.2, 0.25) is 5.91 Å². The average Bonchev–Trinajstić information content (AvgIpc) is 3.06. The zero-order chi connectivity index (χ0) is 14.4. The maximum absolute atomic E-state index is 13.0. The lowest BCUT2D eigenvalue weighted by Gasteiger charge is -2.26. The van der Waals surface area contributed by atoms with E-state index in [1.807, 2.05) is 35.2 Å². The predicted molar refractivity (Wildman–Crippen MR) is 84.7 cm³/mol. The number of nitrogens with one attached hydrogen (secondary N) is 1. The molecular formula is C18H18N2O. The molecule has 4 rings (SSSR count). The van der Waals surface area contributed by atoms with E-state index in [0.29, 0.717) is 0 Å². The first-order valence-corrected chi connectivity index (χ1v) is 7.49. The number of hydrogen-bond acceptors (Lipinski definition) is 2. The van der Waals surface area contributed by atoms with Crippen LogP contribution in [0.15, 0.2) is 48.5 Å². The van der Waals surface area contributed by atoms with E-state index < -0.39 is 0 Å². The lowest BCUT2D eigenvalue weighted by atomic mass is 10.1. The van der Waals surface area contributed by atoms with Crippen molar-refractivity contribution in [1.29, 1.82) is 0 Å². The molecular weight excluding hydrogens is 260 g/mol. The van der Waals surface area contributed by atoms with Gasteiger partial charge in [0.15, 0.2) is 0 Å². The van der Waals surface area contributed by atoms with Crippen LogP contribution >= 0.6 is 0 Å². The topological polar surface area (TPSA) is 32.3 Å². The number of benzene rings is 2. The number of nitrogens with zero attached hydrogens (tertiary/aromatic N) is 1. The molecule has 2 atom stereocenters. The first-order valence-electron chi connectivity index (χ1n) is 7.49. The summed E-state index contributed by atoms with van der Waals surface area (Å²) in [6, 6.07) is 16.5. The third-order valence-corrected chi connectivity index (χ3v) is 4.51. The van der Waals surface area contributed by atoms with E-state index in [2.05, 4.69) is 30.4 Å².